The molecule has 2 rings (SSSR count). The van der Waals surface area contributed by atoms with Gasteiger partial charge in [-0.05, 0) is 5.56 Å². The second-order valence-electron chi connectivity index (χ2n) is 4.71. The maximum atomic E-state index is 10.5. The van der Waals surface area contributed by atoms with Gasteiger partial charge in [0.2, 0.25) is 0 Å². The molecule has 0 fully saturated rings. The summed E-state index contributed by atoms with van der Waals surface area (Å²) in [6.07, 6.45) is 2.37. The van der Waals surface area contributed by atoms with Gasteiger partial charge in [0, 0.05) is 5.41 Å². The molecule has 0 bridgehead atoms. The number of benzene rings is 1. The monoisotopic (exact) mass is 229 g/mol. The van der Waals surface area contributed by atoms with Gasteiger partial charge in [0.15, 0.2) is 6.29 Å². The van der Waals surface area contributed by atoms with Crippen LogP contribution in [0.15, 0.2) is 36.5 Å². The fourth-order valence-electron chi connectivity index (χ4n) is 1.83. The number of nitrogens with zero attached hydrogens (tertiary/aromatic N) is 3. The zero-order chi connectivity index (χ0) is 12.3. The van der Waals surface area contributed by atoms with E-state index in [1.165, 1.54) is 5.56 Å². The summed E-state index contributed by atoms with van der Waals surface area (Å²) in [5, 5.41) is 7.69. The second kappa shape index (κ2) is 4.49. The lowest BCUT2D eigenvalue weighted by Gasteiger charge is -2.24. The third-order valence-corrected chi connectivity index (χ3v) is 2.79. The van der Waals surface area contributed by atoms with Crippen LogP contribution in [-0.4, -0.2) is 21.3 Å². The van der Waals surface area contributed by atoms with Gasteiger partial charge >= 0.3 is 0 Å². The maximum Gasteiger partial charge on any atom is 0.171 e. The van der Waals surface area contributed by atoms with Crippen molar-refractivity contribution in [2.45, 2.75) is 25.8 Å². The molecule has 4 nitrogen and oxygen atoms in total. The lowest BCUT2D eigenvalue weighted by Crippen LogP contribution is -2.24. The van der Waals surface area contributed by atoms with Crippen LogP contribution in [-0.2, 0) is 12.0 Å². The number of carbonyl (C=O) groups excluding carboxylic acids is 1. The Morgan fingerprint density at radius 1 is 1.29 bits per heavy atom. The average Bonchev–Trinajstić information content (AvgIpc) is 2.77. The first-order valence-electron chi connectivity index (χ1n) is 5.53. The lowest BCUT2D eigenvalue weighted by molar-refractivity contribution is 0.111. The van der Waals surface area contributed by atoms with Gasteiger partial charge in [-0.3, -0.25) is 9.48 Å². The average molecular weight is 229 g/mol. The van der Waals surface area contributed by atoms with E-state index in [2.05, 4.69) is 36.3 Å². The van der Waals surface area contributed by atoms with Gasteiger partial charge in [-0.1, -0.05) is 49.4 Å². The van der Waals surface area contributed by atoms with Gasteiger partial charge in [0.1, 0.15) is 5.69 Å². The molecule has 0 atom stereocenters. The van der Waals surface area contributed by atoms with Crippen LogP contribution >= 0.6 is 0 Å². The number of aldehydes is 1. The molecule has 0 aliphatic carbocycles. The Morgan fingerprint density at radius 3 is 2.59 bits per heavy atom. The Labute approximate surface area is 100 Å². The predicted molar refractivity (Wildman–Crippen MR) is 64.9 cm³/mol. The fraction of sp³-hybridized carbons (Fsp3) is 0.308. The van der Waals surface area contributed by atoms with E-state index in [0.29, 0.717) is 18.5 Å². The molecular formula is C13H15N3O. The van der Waals surface area contributed by atoms with Crippen molar-refractivity contribution in [3.63, 3.8) is 0 Å². The Hall–Kier alpha value is -1.97. The molecular weight excluding hydrogens is 214 g/mol. The molecule has 2 aromatic rings. The van der Waals surface area contributed by atoms with E-state index in [1.54, 1.807) is 10.9 Å². The smallest absolute Gasteiger partial charge is 0.171 e. The van der Waals surface area contributed by atoms with E-state index < -0.39 is 0 Å². The number of hydrogen-bond acceptors (Lipinski definition) is 3. The summed E-state index contributed by atoms with van der Waals surface area (Å²) >= 11 is 0. The molecule has 0 saturated heterocycles. The summed E-state index contributed by atoms with van der Waals surface area (Å²) in [5.41, 5.74) is 1.56. The van der Waals surface area contributed by atoms with Gasteiger partial charge < -0.3 is 0 Å². The molecule has 0 N–H and O–H groups in total. The highest BCUT2D eigenvalue weighted by Crippen LogP contribution is 2.24. The zero-order valence-corrected chi connectivity index (χ0v) is 10.00. The predicted octanol–water partition coefficient (Wildman–Crippen LogP) is 2.07. The largest absolute Gasteiger partial charge is 0.296 e. The number of carbonyl (C=O) groups is 1. The molecule has 17 heavy (non-hydrogen) atoms. The van der Waals surface area contributed by atoms with Crippen molar-refractivity contribution in [2.75, 3.05) is 0 Å². The molecule has 0 amide bonds. The summed E-state index contributed by atoms with van der Waals surface area (Å²) in [7, 11) is 0. The summed E-state index contributed by atoms with van der Waals surface area (Å²) in [5.74, 6) is 0. The molecule has 0 spiro atoms. The fourth-order valence-corrected chi connectivity index (χ4v) is 1.83. The standard InChI is InChI=1S/C13H15N3O/c1-13(2,11-6-4-3-5-7-11)10-16-8-12(9-17)14-15-16/h3-9H,10H2,1-2H3. The van der Waals surface area contributed by atoms with E-state index in [1.807, 2.05) is 18.2 Å². The Morgan fingerprint density at radius 2 is 2.00 bits per heavy atom. The van der Waals surface area contributed by atoms with Gasteiger partial charge in [0.25, 0.3) is 0 Å². The summed E-state index contributed by atoms with van der Waals surface area (Å²) in [4.78, 5) is 10.5. The third-order valence-electron chi connectivity index (χ3n) is 2.79. The molecule has 0 aliphatic heterocycles. The highest BCUT2D eigenvalue weighted by Gasteiger charge is 2.21. The Balaban J connectivity index is 2.19. The van der Waals surface area contributed by atoms with E-state index in [-0.39, 0.29) is 5.41 Å². The van der Waals surface area contributed by atoms with Crippen molar-refractivity contribution in [3.05, 3.63) is 47.8 Å². The minimum absolute atomic E-state index is 0.0465. The van der Waals surface area contributed by atoms with Crippen LogP contribution in [0.5, 0.6) is 0 Å². The molecule has 0 radical (unpaired) electrons. The van der Waals surface area contributed by atoms with Gasteiger partial charge in [0.05, 0.1) is 12.7 Å². The molecule has 1 heterocycles. The van der Waals surface area contributed by atoms with Gasteiger partial charge in [-0.25, -0.2) is 0 Å². The van der Waals surface area contributed by atoms with E-state index >= 15 is 0 Å². The number of hydrogen-bond donors (Lipinski definition) is 0. The van der Waals surface area contributed by atoms with E-state index in [0.717, 1.165) is 0 Å². The van der Waals surface area contributed by atoms with Crippen LogP contribution in [0.25, 0.3) is 0 Å². The van der Waals surface area contributed by atoms with Crippen LogP contribution in [0.3, 0.4) is 0 Å². The third kappa shape index (κ3) is 2.58. The summed E-state index contributed by atoms with van der Waals surface area (Å²) in [6, 6.07) is 10.2. The highest BCUT2D eigenvalue weighted by molar-refractivity contribution is 5.70. The zero-order valence-electron chi connectivity index (χ0n) is 10.00. The van der Waals surface area contributed by atoms with Crippen molar-refractivity contribution in [3.8, 4) is 0 Å². The van der Waals surface area contributed by atoms with Crippen molar-refractivity contribution in [1.82, 2.24) is 15.0 Å². The minimum atomic E-state index is -0.0465. The second-order valence-corrected chi connectivity index (χ2v) is 4.71. The first-order chi connectivity index (χ1) is 8.12. The topological polar surface area (TPSA) is 47.8 Å². The summed E-state index contributed by atoms with van der Waals surface area (Å²) < 4.78 is 1.71. The van der Waals surface area contributed by atoms with Crippen molar-refractivity contribution in [1.29, 1.82) is 0 Å². The molecule has 0 saturated carbocycles. The van der Waals surface area contributed by atoms with Gasteiger partial charge in [-0.2, -0.15) is 0 Å². The van der Waals surface area contributed by atoms with E-state index in [4.69, 9.17) is 0 Å². The highest BCUT2D eigenvalue weighted by atomic mass is 16.1. The van der Waals surface area contributed by atoms with Crippen molar-refractivity contribution >= 4 is 6.29 Å². The number of aromatic nitrogens is 3. The van der Waals surface area contributed by atoms with Crippen molar-refractivity contribution < 1.29 is 4.79 Å². The molecule has 1 aromatic carbocycles. The lowest BCUT2D eigenvalue weighted by atomic mass is 9.85. The quantitative estimate of drug-likeness (QED) is 0.754. The maximum absolute atomic E-state index is 10.5. The minimum Gasteiger partial charge on any atom is -0.296 e. The van der Waals surface area contributed by atoms with Crippen LogP contribution in [0.2, 0.25) is 0 Å². The molecule has 0 aliphatic rings. The number of rotatable bonds is 4. The van der Waals surface area contributed by atoms with Crippen LogP contribution in [0, 0.1) is 0 Å². The molecule has 1 aromatic heterocycles. The first kappa shape index (κ1) is 11.5. The van der Waals surface area contributed by atoms with Crippen molar-refractivity contribution in [2.24, 2.45) is 0 Å². The Bertz CT molecular complexity index is 502. The SMILES string of the molecule is CC(C)(Cn1cc(C=O)nn1)c1ccccc1. The van der Waals surface area contributed by atoms with Crippen LogP contribution < -0.4 is 0 Å². The van der Waals surface area contributed by atoms with E-state index in [9.17, 15) is 4.79 Å². The molecule has 4 heteroatoms. The molecule has 88 valence electrons. The summed E-state index contributed by atoms with van der Waals surface area (Å²) in [6.45, 7) is 4.98. The Kier molecular flexibility index (Phi) is 3.04. The van der Waals surface area contributed by atoms with Crippen LogP contribution in [0.1, 0.15) is 29.9 Å². The normalized spacial score (nSPS) is 11.4. The van der Waals surface area contributed by atoms with Crippen LogP contribution in [0.4, 0.5) is 0 Å². The first-order valence-corrected chi connectivity index (χ1v) is 5.53. The van der Waals surface area contributed by atoms with Gasteiger partial charge in [-0.15, -0.1) is 5.10 Å². The molecule has 0 unspecified atom stereocenters.